The van der Waals surface area contributed by atoms with E-state index in [-0.39, 0.29) is 17.5 Å². The van der Waals surface area contributed by atoms with Crippen molar-refractivity contribution < 1.29 is 0 Å². The summed E-state index contributed by atoms with van der Waals surface area (Å²) in [5, 5.41) is 14.2. The Bertz CT molecular complexity index is 1400. The van der Waals surface area contributed by atoms with Crippen LogP contribution in [-0.4, -0.2) is 36.6 Å². The molecule has 194 valence electrons. The molecule has 1 unspecified atom stereocenters. The molecule has 4 aromatic rings. The monoisotopic (exact) mass is 498 g/mol. The van der Waals surface area contributed by atoms with Crippen LogP contribution < -0.4 is 5.56 Å². The van der Waals surface area contributed by atoms with Crippen molar-refractivity contribution in [3.63, 3.8) is 0 Å². The van der Waals surface area contributed by atoms with Crippen LogP contribution in [0.15, 0.2) is 53.3 Å². The van der Waals surface area contributed by atoms with Gasteiger partial charge < -0.3 is 4.98 Å². The van der Waals surface area contributed by atoms with Gasteiger partial charge in [0.1, 0.15) is 0 Å². The van der Waals surface area contributed by atoms with Crippen molar-refractivity contribution in [2.45, 2.75) is 78.4 Å². The van der Waals surface area contributed by atoms with E-state index in [9.17, 15) is 4.79 Å². The van der Waals surface area contributed by atoms with E-state index in [1.54, 1.807) is 0 Å². The van der Waals surface area contributed by atoms with Crippen molar-refractivity contribution in [3.05, 3.63) is 87.0 Å². The molecule has 1 N–H and O–H groups in total. The number of fused-ring (bicyclic) bond motifs is 1. The Hall–Kier alpha value is -3.32. The predicted molar refractivity (Wildman–Crippen MR) is 147 cm³/mol. The molecular formula is C30H38N6O. The van der Waals surface area contributed by atoms with E-state index < -0.39 is 0 Å². The highest BCUT2D eigenvalue weighted by molar-refractivity contribution is 5.80. The summed E-state index contributed by atoms with van der Waals surface area (Å²) in [6, 6.07) is 17.2. The average molecular weight is 499 g/mol. The predicted octanol–water partition coefficient (Wildman–Crippen LogP) is 5.69. The first-order valence-corrected chi connectivity index (χ1v) is 13.6. The standard InChI is InChI=1S/C30H38N6O/c1-20(2)28(29-32-33-34-36(29)26-12-8-9-13-26)35(15-14-23-10-6-5-7-11-23)19-25-18-24-16-21(3)22(4)17-27(24)31-30(25)37/h5-7,10-11,16-18,20,26,28H,8-9,12-15,19H2,1-4H3,(H,31,37). The van der Waals surface area contributed by atoms with Gasteiger partial charge in [0.15, 0.2) is 5.82 Å². The molecule has 37 heavy (non-hydrogen) atoms. The molecule has 0 spiro atoms. The summed E-state index contributed by atoms with van der Waals surface area (Å²) in [6.07, 6.45) is 5.57. The highest BCUT2D eigenvalue weighted by Gasteiger charge is 2.32. The van der Waals surface area contributed by atoms with Crippen LogP contribution in [0.5, 0.6) is 0 Å². The highest BCUT2D eigenvalue weighted by Crippen LogP contribution is 2.34. The second kappa shape index (κ2) is 11.0. The number of hydrogen-bond donors (Lipinski definition) is 1. The molecule has 2 aromatic carbocycles. The van der Waals surface area contributed by atoms with E-state index >= 15 is 0 Å². The first kappa shape index (κ1) is 25.3. The fourth-order valence-corrected chi connectivity index (χ4v) is 5.78. The van der Waals surface area contributed by atoms with Gasteiger partial charge in [-0.1, -0.05) is 57.0 Å². The fraction of sp³-hybridized carbons (Fsp3) is 0.467. The molecule has 0 aliphatic heterocycles. The van der Waals surface area contributed by atoms with Gasteiger partial charge in [-0.3, -0.25) is 9.69 Å². The Kier molecular flexibility index (Phi) is 7.51. The molecule has 1 aliphatic rings. The first-order chi connectivity index (χ1) is 17.9. The maximum Gasteiger partial charge on any atom is 0.252 e. The van der Waals surface area contributed by atoms with Crippen LogP contribution in [0, 0.1) is 19.8 Å². The van der Waals surface area contributed by atoms with Crippen LogP contribution in [-0.2, 0) is 13.0 Å². The number of aryl methyl sites for hydroxylation is 2. The molecule has 0 radical (unpaired) electrons. The van der Waals surface area contributed by atoms with E-state index in [1.807, 2.05) is 6.07 Å². The lowest BCUT2D eigenvalue weighted by molar-refractivity contribution is 0.133. The molecule has 0 amide bonds. The van der Waals surface area contributed by atoms with Crippen LogP contribution in [0.2, 0.25) is 0 Å². The number of aromatic amines is 1. The van der Waals surface area contributed by atoms with Gasteiger partial charge in [-0.05, 0) is 89.7 Å². The minimum absolute atomic E-state index is 0.00540. The maximum atomic E-state index is 13.3. The number of hydrogen-bond acceptors (Lipinski definition) is 5. The number of nitrogens with one attached hydrogen (secondary N) is 1. The van der Waals surface area contributed by atoms with Gasteiger partial charge >= 0.3 is 0 Å². The molecule has 1 aliphatic carbocycles. The summed E-state index contributed by atoms with van der Waals surface area (Å²) in [5.41, 5.74) is 5.32. The average Bonchev–Trinajstić information content (AvgIpc) is 3.57. The van der Waals surface area contributed by atoms with Crippen LogP contribution in [0.3, 0.4) is 0 Å². The zero-order chi connectivity index (χ0) is 25.9. The number of nitrogens with zero attached hydrogens (tertiary/aromatic N) is 5. The lowest BCUT2D eigenvalue weighted by atomic mass is 9.99. The first-order valence-electron chi connectivity index (χ1n) is 13.6. The van der Waals surface area contributed by atoms with E-state index in [2.05, 4.69) is 100 Å². The van der Waals surface area contributed by atoms with Gasteiger partial charge in [0.25, 0.3) is 5.56 Å². The number of aromatic nitrogens is 5. The Morgan fingerprint density at radius 1 is 1.05 bits per heavy atom. The molecule has 1 fully saturated rings. The summed E-state index contributed by atoms with van der Waals surface area (Å²) in [4.78, 5) is 18.8. The third-order valence-corrected chi connectivity index (χ3v) is 7.92. The minimum atomic E-state index is -0.0293. The Balaban J connectivity index is 1.53. The molecule has 2 heterocycles. The summed E-state index contributed by atoms with van der Waals surface area (Å²) in [5.74, 6) is 1.19. The van der Waals surface area contributed by atoms with E-state index in [4.69, 9.17) is 0 Å². The normalized spacial score (nSPS) is 15.3. The molecule has 7 heteroatoms. The molecule has 2 aromatic heterocycles. The van der Waals surface area contributed by atoms with Crippen LogP contribution in [0.4, 0.5) is 0 Å². The topological polar surface area (TPSA) is 79.7 Å². The Morgan fingerprint density at radius 3 is 2.51 bits per heavy atom. The van der Waals surface area contributed by atoms with Crippen molar-refractivity contribution in [2.75, 3.05) is 6.54 Å². The maximum absolute atomic E-state index is 13.3. The third-order valence-electron chi connectivity index (χ3n) is 7.92. The zero-order valence-corrected chi connectivity index (χ0v) is 22.4. The zero-order valence-electron chi connectivity index (χ0n) is 22.4. The lowest BCUT2D eigenvalue weighted by Gasteiger charge is -2.34. The summed E-state index contributed by atoms with van der Waals surface area (Å²) in [7, 11) is 0. The van der Waals surface area contributed by atoms with Crippen LogP contribution >= 0.6 is 0 Å². The SMILES string of the molecule is Cc1cc2cc(CN(CCc3ccccc3)C(c3nnnn3C3CCCC3)C(C)C)c(=O)[nH]c2cc1C. The third kappa shape index (κ3) is 5.52. The molecule has 0 bridgehead atoms. The van der Waals surface area contributed by atoms with Crippen LogP contribution in [0.25, 0.3) is 10.9 Å². The molecule has 7 nitrogen and oxygen atoms in total. The minimum Gasteiger partial charge on any atom is -0.322 e. The second-order valence-electron chi connectivity index (χ2n) is 11.0. The van der Waals surface area contributed by atoms with Gasteiger partial charge in [0, 0.05) is 24.2 Å². The van der Waals surface area contributed by atoms with Crippen molar-refractivity contribution >= 4 is 10.9 Å². The quantitative estimate of drug-likeness (QED) is 0.321. The lowest BCUT2D eigenvalue weighted by Crippen LogP contribution is -2.37. The highest BCUT2D eigenvalue weighted by atomic mass is 16.1. The van der Waals surface area contributed by atoms with Crippen LogP contribution in [0.1, 0.15) is 79.7 Å². The van der Waals surface area contributed by atoms with E-state index in [0.717, 1.165) is 48.1 Å². The van der Waals surface area contributed by atoms with Gasteiger partial charge in [0.05, 0.1) is 12.1 Å². The fourth-order valence-electron chi connectivity index (χ4n) is 5.78. The van der Waals surface area contributed by atoms with Crippen molar-refractivity contribution in [1.82, 2.24) is 30.1 Å². The number of tetrazole rings is 1. The number of benzene rings is 2. The van der Waals surface area contributed by atoms with Gasteiger partial charge in [-0.2, -0.15) is 0 Å². The molecular weight excluding hydrogens is 460 g/mol. The summed E-state index contributed by atoms with van der Waals surface area (Å²) in [6.45, 7) is 9.98. The largest absolute Gasteiger partial charge is 0.322 e. The molecule has 0 saturated heterocycles. The molecule has 1 atom stereocenters. The van der Waals surface area contributed by atoms with Gasteiger partial charge in [0.2, 0.25) is 0 Å². The summed E-state index contributed by atoms with van der Waals surface area (Å²) < 4.78 is 2.07. The number of rotatable bonds is 9. The van der Waals surface area contributed by atoms with Gasteiger partial charge in [-0.15, -0.1) is 5.10 Å². The molecule has 1 saturated carbocycles. The number of pyridine rings is 1. The molecule has 5 rings (SSSR count). The smallest absolute Gasteiger partial charge is 0.252 e. The van der Waals surface area contributed by atoms with Gasteiger partial charge in [-0.25, -0.2) is 4.68 Å². The summed E-state index contributed by atoms with van der Waals surface area (Å²) >= 11 is 0. The van der Waals surface area contributed by atoms with E-state index in [0.29, 0.717) is 12.6 Å². The second-order valence-corrected chi connectivity index (χ2v) is 11.0. The van der Waals surface area contributed by atoms with Crippen molar-refractivity contribution in [1.29, 1.82) is 0 Å². The Labute approximate surface area is 218 Å². The number of H-pyrrole nitrogens is 1. The van der Waals surface area contributed by atoms with E-state index in [1.165, 1.54) is 29.5 Å². The Morgan fingerprint density at radius 2 is 1.78 bits per heavy atom. The van der Waals surface area contributed by atoms with Crippen molar-refractivity contribution in [2.24, 2.45) is 5.92 Å². The van der Waals surface area contributed by atoms with Crippen molar-refractivity contribution in [3.8, 4) is 0 Å².